The molecule has 0 saturated carbocycles. The maximum atomic E-state index is 2.56. The van der Waals surface area contributed by atoms with Crippen molar-refractivity contribution in [1.82, 2.24) is 0 Å². The van der Waals surface area contributed by atoms with Crippen molar-refractivity contribution in [2.24, 2.45) is 0 Å². The summed E-state index contributed by atoms with van der Waals surface area (Å²) in [5.74, 6) is 0. The van der Waals surface area contributed by atoms with Crippen LogP contribution in [0.1, 0.15) is 17.5 Å². The van der Waals surface area contributed by atoms with E-state index in [0.29, 0.717) is 3.46 Å². The summed E-state index contributed by atoms with van der Waals surface area (Å²) in [7, 11) is -0.291. The van der Waals surface area contributed by atoms with Crippen LogP contribution < -0.4 is 30.1 Å². The molecule has 0 radical (unpaired) electrons. The second-order valence-corrected chi connectivity index (χ2v) is 11.5. The first kappa shape index (κ1) is 18.2. The molecule has 0 nitrogen and oxygen atoms in total. The van der Waals surface area contributed by atoms with Gasteiger partial charge in [-0.3, -0.25) is 0 Å². The summed E-state index contributed by atoms with van der Waals surface area (Å²) in [5, 5.41) is 3.22. The molecule has 2 atom stereocenters. The molecule has 0 fully saturated rings. The Morgan fingerprint density at radius 1 is 0.875 bits per heavy atom. The fraction of sp³-hybridized carbons (Fsp3) is 0.100. The van der Waals surface area contributed by atoms with Gasteiger partial charge in [0, 0.05) is 0 Å². The number of hydrogen-bond donors (Lipinski definition) is 0. The average Bonchev–Trinajstić information content (AvgIpc) is 3.23. The molecule has 1 heterocycles. The second kappa shape index (κ2) is 6.95. The first-order valence-electron chi connectivity index (χ1n) is 7.70. The van der Waals surface area contributed by atoms with E-state index in [-0.39, 0.29) is 51.9 Å². The van der Waals surface area contributed by atoms with Gasteiger partial charge in [-0.25, -0.2) is 0 Å². The van der Waals surface area contributed by atoms with E-state index >= 15 is 0 Å². The maximum Gasteiger partial charge on any atom is -1.00 e. The van der Waals surface area contributed by atoms with Gasteiger partial charge in [0.15, 0.2) is 0 Å². The minimum Gasteiger partial charge on any atom is -1.00 e. The van der Waals surface area contributed by atoms with E-state index in [1.54, 1.807) is 20.1 Å². The number of benzene rings is 2. The summed E-state index contributed by atoms with van der Waals surface area (Å²) in [5.41, 5.74) is 3.03. The summed E-state index contributed by atoms with van der Waals surface area (Å²) in [6, 6.07) is 20.3. The Balaban J connectivity index is 0.000000845. The van der Waals surface area contributed by atoms with Gasteiger partial charge < -0.3 is 24.8 Å². The Labute approximate surface area is 165 Å². The zero-order chi connectivity index (χ0) is 14.6. The van der Waals surface area contributed by atoms with Gasteiger partial charge in [0.2, 0.25) is 0 Å². The molecule has 0 aromatic heterocycles. The van der Waals surface area contributed by atoms with Gasteiger partial charge in [0.25, 0.3) is 0 Å². The number of halogens is 2. The quantitative estimate of drug-likeness (QED) is 0.420. The zero-order valence-corrected chi connectivity index (χ0v) is 16.9. The van der Waals surface area contributed by atoms with Gasteiger partial charge in [0.1, 0.15) is 0 Å². The molecule has 5 rings (SSSR count). The molecule has 0 bridgehead atoms. The van der Waals surface area contributed by atoms with Gasteiger partial charge in [-0.15, -0.1) is 0 Å². The zero-order valence-electron chi connectivity index (χ0n) is 12.9. The number of fused-ring (bicyclic) bond motifs is 2. The fourth-order valence-corrected chi connectivity index (χ4v) is 12.0. The molecule has 3 aliphatic rings. The van der Waals surface area contributed by atoms with Crippen LogP contribution in [0, 0.1) is 0 Å². The van der Waals surface area contributed by atoms with Crippen molar-refractivity contribution in [2.75, 3.05) is 0 Å². The van der Waals surface area contributed by atoms with Crippen molar-refractivity contribution in [1.29, 1.82) is 0 Å². The normalized spacial score (nSPS) is 24.8. The summed E-state index contributed by atoms with van der Waals surface area (Å²) >= 11 is -0.149. The Bertz CT molecular complexity index is 857. The Morgan fingerprint density at radius 3 is 2.46 bits per heavy atom. The van der Waals surface area contributed by atoms with Crippen molar-refractivity contribution < 1.29 is 44.0 Å². The summed E-state index contributed by atoms with van der Waals surface area (Å²) in [4.78, 5) is 0. The van der Waals surface area contributed by atoms with E-state index in [2.05, 4.69) is 78.9 Å². The van der Waals surface area contributed by atoms with E-state index in [1.807, 2.05) is 0 Å². The van der Waals surface area contributed by atoms with Crippen LogP contribution in [-0.2, 0) is 22.6 Å². The van der Waals surface area contributed by atoms with Crippen LogP contribution in [0.3, 0.4) is 0 Å². The first-order valence-corrected chi connectivity index (χ1v) is 10.6. The molecule has 2 aromatic rings. The number of hydrogen-bond acceptors (Lipinski definition) is 0. The predicted octanol–water partition coefficient (Wildman–Crippen LogP) is -1.05. The fourth-order valence-electron chi connectivity index (χ4n) is 3.81. The predicted molar refractivity (Wildman–Crippen MR) is 90.9 cm³/mol. The van der Waals surface area contributed by atoms with Gasteiger partial charge in [-0.1, -0.05) is 0 Å². The molecular weight excluding hydrogens is 390 g/mol. The monoisotopic (exact) mass is 404 g/mol. The van der Waals surface area contributed by atoms with Gasteiger partial charge >= 0.3 is 141 Å². The SMILES string of the molecule is C1=CC2=[C](C1)[Ti+2][C]1(C=Cc3ccccc31)P2c1ccccc1.[Cl-].[Cl-]. The van der Waals surface area contributed by atoms with Crippen LogP contribution in [0.25, 0.3) is 6.08 Å². The third-order valence-electron chi connectivity index (χ3n) is 4.73. The van der Waals surface area contributed by atoms with Crippen molar-refractivity contribution in [3.8, 4) is 0 Å². The Morgan fingerprint density at radius 2 is 1.62 bits per heavy atom. The third-order valence-corrected chi connectivity index (χ3v) is 11.9. The largest absolute Gasteiger partial charge is 1.00 e. The van der Waals surface area contributed by atoms with Gasteiger partial charge in [0.05, 0.1) is 0 Å². The molecule has 118 valence electrons. The maximum absolute atomic E-state index is 2.56. The van der Waals surface area contributed by atoms with Crippen molar-refractivity contribution in [3.05, 3.63) is 93.1 Å². The number of rotatable bonds is 1. The van der Waals surface area contributed by atoms with Crippen LogP contribution >= 0.6 is 7.92 Å². The molecule has 24 heavy (non-hydrogen) atoms. The minimum atomic E-state index is -0.291. The molecule has 0 saturated heterocycles. The van der Waals surface area contributed by atoms with Crippen LogP contribution in [-0.4, -0.2) is 0 Å². The molecule has 2 aliphatic carbocycles. The van der Waals surface area contributed by atoms with Crippen LogP contribution in [0.2, 0.25) is 0 Å². The standard InChI is InChI=1S/C20H15P.2ClH.Ti/c1-2-9-17(10-3-1)21(18-11-5-6-12-18)20-15-14-16-8-4-7-13-19(16)20;;;/h1-5,7-11,13-15H,6H2;2*1H;/q;;;+2/p-2. The Kier molecular flexibility index (Phi) is 5.26. The van der Waals surface area contributed by atoms with E-state index in [4.69, 9.17) is 0 Å². The molecular formula is C20H15Cl2PTi. The summed E-state index contributed by atoms with van der Waals surface area (Å²) in [6.45, 7) is 0. The number of allylic oxidation sites excluding steroid dienone is 5. The topological polar surface area (TPSA) is 0 Å². The van der Waals surface area contributed by atoms with Gasteiger partial charge in [-0.2, -0.15) is 0 Å². The first-order chi connectivity index (χ1) is 10.9. The summed E-state index contributed by atoms with van der Waals surface area (Å²) in [6.07, 6.45) is 11.0. The van der Waals surface area contributed by atoms with E-state index < -0.39 is 0 Å². The molecule has 0 N–H and O–H groups in total. The van der Waals surface area contributed by atoms with E-state index in [0.717, 1.165) is 0 Å². The third kappa shape index (κ3) is 2.52. The van der Waals surface area contributed by atoms with Crippen molar-refractivity contribution in [2.45, 2.75) is 9.88 Å². The molecule has 2 unspecified atom stereocenters. The molecule has 1 aliphatic heterocycles. The van der Waals surface area contributed by atoms with Crippen molar-refractivity contribution in [3.63, 3.8) is 0 Å². The van der Waals surface area contributed by atoms with E-state index in [1.165, 1.54) is 12.0 Å². The van der Waals surface area contributed by atoms with Gasteiger partial charge in [-0.05, 0) is 0 Å². The minimum absolute atomic E-state index is 0. The molecule has 1 spiro atoms. The second-order valence-electron chi connectivity index (χ2n) is 5.95. The molecule has 4 heteroatoms. The van der Waals surface area contributed by atoms with Crippen LogP contribution in [0.4, 0.5) is 0 Å². The van der Waals surface area contributed by atoms with Crippen LogP contribution in [0.5, 0.6) is 0 Å². The van der Waals surface area contributed by atoms with E-state index in [9.17, 15) is 0 Å². The average molecular weight is 405 g/mol. The molecule has 2 aromatic carbocycles. The van der Waals surface area contributed by atoms with Crippen molar-refractivity contribution >= 4 is 19.3 Å². The summed E-state index contributed by atoms with van der Waals surface area (Å²) < 4.78 is 2.11. The smallest absolute Gasteiger partial charge is 1.00 e. The molecule has 0 amide bonds. The Hall–Kier alpha value is -0.616. The van der Waals surface area contributed by atoms with Crippen LogP contribution in [0.15, 0.2) is 82.0 Å².